The van der Waals surface area contributed by atoms with Gasteiger partial charge in [0.25, 0.3) is 5.91 Å². The molecule has 3 amide bonds. The standard InChI is InChI=1S/C28H27FN6O4/c1-28(2,3)24-15-25(35(34-24)18-7-5-6-17(12-18)16-36)33-27(38)32-22-9-8-19(13-21(22)29)39-20-10-11-31-23(14-20)26(37)30-4/h5-16H,1-4H3,(H,30,37)(H2,32,33,38). The van der Waals surface area contributed by atoms with Crippen molar-refractivity contribution in [2.24, 2.45) is 0 Å². The van der Waals surface area contributed by atoms with E-state index in [-0.39, 0.29) is 28.5 Å². The molecule has 2 heterocycles. The number of benzene rings is 2. The van der Waals surface area contributed by atoms with Crippen LogP contribution in [0.4, 0.5) is 20.7 Å². The Labute approximate surface area is 224 Å². The Kier molecular flexibility index (Phi) is 7.70. The number of carbonyl (C=O) groups is 3. The molecule has 3 N–H and O–H groups in total. The summed E-state index contributed by atoms with van der Waals surface area (Å²) in [6, 6.07) is 14.7. The zero-order chi connectivity index (χ0) is 28.2. The van der Waals surface area contributed by atoms with Gasteiger partial charge in [0.15, 0.2) is 0 Å². The first-order chi connectivity index (χ1) is 18.6. The first-order valence-corrected chi connectivity index (χ1v) is 12.0. The summed E-state index contributed by atoms with van der Waals surface area (Å²) in [5.41, 5.74) is 1.49. The molecule has 0 aliphatic heterocycles. The Balaban J connectivity index is 1.52. The lowest BCUT2D eigenvalue weighted by atomic mass is 9.92. The molecule has 2 aromatic carbocycles. The topological polar surface area (TPSA) is 127 Å². The molecule has 0 spiro atoms. The third-order valence-corrected chi connectivity index (χ3v) is 5.59. The number of amides is 3. The fourth-order valence-corrected chi connectivity index (χ4v) is 3.56. The van der Waals surface area contributed by atoms with Crippen molar-refractivity contribution in [1.29, 1.82) is 0 Å². The Morgan fingerprint density at radius 3 is 2.46 bits per heavy atom. The Bertz CT molecular complexity index is 1540. The van der Waals surface area contributed by atoms with E-state index in [1.807, 2.05) is 20.8 Å². The van der Waals surface area contributed by atoms with E-state index >= 15 is 0 Å². The largest absolute Gasteiger partial charge is 0.457 e. The number of nitrogens with zero attached hydrogens (tertiary/aromatic N) is 3. The highest BCUT2D eigenvalue weighted by Crippen LogP contribution is 2.28. The molecule has 200 valence electrons. The van der Waals surface area contributed by atoms with Crippen molar-refractivity contribution in [3.63, 3.8) is 0 Å². The number of aldehydes is 1. The third-order valence-electron chi connectivity index (χ3n) is 5.59. The molecule has 0 atom stereocenters. The highest BCUT2D eigenvalue weighted by atomic mass is 19.1. The summed E-state index contributed by atoms with van der Waals surface area (Å²) >= 11 is 0. The van der Waals surface area contributed by atoms with E-state index in [0.717, 1.165) is 12.4 Å². The zero-order valence-corrected chi connectivity index (χ0v) is 21.8. The van der Waals surface area contributed by atoms with Crippen LogP contribution in [0.1, 0.15) is 47.3 Å². The van der Waals surface area contributed by atoms with Crippen molar-refractivity contribution in [1.82, 2.24) is 20.1 Å². The van der Waals surface area contributed by atoms with Crippen LogP contribution in [-0.4, -0.2) is 40.0 Å². The normalized spacial score (nSPS) is 11.0. The number of anilines is 2. The molecule has 11 heteroatoms. The second-order valence-corrected chi connectivity index (χ2v) is 9.57. The van der Waals surface area contributed by atoms with Crippen molar-refractivity contribution in [3.8, 4) is 17.2 Å². The van der Waals surface area contributed by atoms with Crippen molar-refractivity contribution in [3.05, 3.63) is 89.6 Å². The highest BCUT2D eigenvalue weighted by molar-refractivity contribution is 5.99. The van der Waals surface area contributed by atoms with Crippen molar-refractivity contribution < 1.29 is 23.5 Å². The van der Waals surface area contributed by atoms with Crippen LogP contribution in [0.3, 0.4) is 0 Å². The predicted octanol–water partition coefficient (Wildman–Crippen LogP) is 5.31. The second-order valence-electron chi connectivity index (χ2n) is 9.57. The first kappa shape index (κ1) is 27.0. The molecule has 39 heavy (non-hydrogen) atoms. The molecule has 0 saturated heterocycles. The molecule has 4 aromatic rings. The lowest BCUT2D eigenvalue weighted by Crippen LogP contribution is -2.22. The van der Waals surface area contributed by atoms with Crippen LogP contribution >= 0.6 is 0 Å². The van der Waals surface area contributed by atoms with Gasteiger partial charge in [-0.2, -0.15) is 5.10 Å². The average molecular weight is 531 g/mol. The fourth-order valence-electron chi connectivity index (χ4n) is 3.56. The van der Waals surface area contributed by atoms with E-state index in [1.54, 1.807) is 30.3 Å². The van der Waals surface area contributed by atoms with Crippen LogP contribution in [-0.2, 0) is 5.41 Å². The number of urea groups is 1. The van der Waals surface area contributed by atoms with E-state index in [9.17, 15) is 18.8 Å². The van der Waals surface area contributed by atoms with Gasteiger partial charge in [0.1, 0.15) is 35.1 Å². The maximum absolute atomic E-state index is 14.9. The van der Waals surface area contributed by atoms with Gasteiger partial charge in [-0.05, 0) is 30.3 Å². The monoisotopic (exact) mass is 530 g/mol. The molecule has 4 rings (SSSR count). The molecule has 0 bridgehead atoms. The molecule has 0 unspecified atom stereocenters. The molecule has 0 saturated carbocycles. The number of rotatable bonds is 7. The molecular weight excluding hydrogens is 503 g/mol. The van der Waals surface area contributed by atoms with Crippen molar-refractivity contribution >= 4 is 29.7 Å². The SMILES string of the molecule is CNC(=O)c1cc(Oc2ccc(NC(=O)Nc3cc(C(C)(C)C)nn3-c3cccc(C=O)c3)c(F)c2)ccn1. The second kappa shape index (κ2) is 11.1. The number of hydrogen-bond donors (Lipinski definition) is 3. The summed E-state index contributed by atoms with van der Waals surface area (Å²) in [6.45, 7) is 5.95. The minimum Gasteiger partial charge on any atom is -0.457 e. The highest BCUT2D eigenvalue weighted by Gasteiger charge is 2.22. The van der Waals surface area contributed by atoms with Gasteiger partial charge in [-0.15, -0.1) is 0 Å². The van der Waals surface area contributed by atoms with Gasteiger partial charge in [0.2, 0.25) is 0 Å². The molecule has 0 fully saturated rings. The van der Waals surface area contributed by atoms with Gasteiger partial charge in [-0.3, -0.25) is 19.9 Å². The summed E-state index contributed by atoms with van der Waals surface area (Å²) in [5.74, 6) is -0.320. The molecule has 10 nitrogen and oxygen atoms in total. The van der Waals surface area contributed by atoms with Crippen LogP contribution in [0, 0.1) is 5.82 Å². The summed E-state index contributed by atoms with van der Waals surface area (Å²) in [4.78, 5) is 39.8. The number of ether oxygens (including phenoxy) is 1. The number of nitrogens with one attached hydrogen (secondary N) is 3. The van der Waals surface area contributed by atoms with Gasteiger partial charge in [0, 0.05) is 42.4 Å². The number of aromatic nitrogens is 3. The zero-order valence-electron chi connectivity index (χ0n) is 21.8. The molecule has 2 aromatic heterocycles. The summed E-state index contributed by atoms with van der Waals surface area (Å²) < 4.78 is 22.0. The van der Waals surface area contributed by atoms with E-state index < -0.39 is 11.8 Å². The summed E-state index contributed by atoms with van der Waals surface area (Å²) in [5, 5.41) is 12.3. The lowest BCUT2D eigenvalue weighted by Gasteiger charge is -2.14. The van der Waals surface area contributed by atoms with Crippen molar-refractivity contribution in [2.45, 2.75) is 26.2 Å². The maximum Gasteiger partial charge on any atom is 0.324 e. The smallest absolute Gasteiger partial charge is 0.324 e. The lowest BCUT2D eigenvalue weighted by molar-refractivity contribution is 0.0957. The van der Waals surface area contributed by atoms with Crippen LogP contribution in [0.2, 0.25) is 0 Å². The minimum atomic E-state index is -0.731. The predicted molar refractivity (Wildman–Crippen MR) is 144 cm³/mol. The number of carbonyl (C=O) groups excluding carboxylic acids is 3. The fraction of sp³-hybridized carbons (Fsp3) is 0.179. The maximum atomic E-state index is 14.9. The Morgan fingerprint density at radius 2 is 1.77 bits per heavy atom. The van der Waals surface area contributed by atoms with Crippen LogP contribution in [0.25, 0.3) is 5.69 Å². The average Bonchev–Trinajstić information content (AvgIpc) is 3.34. The van der Waals surface area contributed by atoms with E-state index in [1.165, 1.54) is 42.2 Å². The molecule has 0 aliphatic carbocycles. The van der Waals surface area contributed by atoms with E-state index in [4.69, 9.17) is 4.74 Å². The van der Waals surface area contributed by atoms with Gasteiger partial charge in [-0.1, -0.05) is 32.9 Å². The Morgan fingerprint density at radius 1 is 1.00 bits per heavy atom. The summed E-state index contributed by atoms with van der Waals surface area (Å²) in [7, 11) is 1.48. The number of hydrogen-bond acceptors (Lipinski definition) is 6. The quantitative estimate of drug-likeness (QED) is 0.278. The molecule has 0 radical (unpaired) electrons. The first-order valence-electron chi connectivity index (χ1n) is 12.0. The van der Waals surface area contributed by atoms with Gasteiger partial charge in [0.05, 0.1) is 17.1 Å². The van der Waals surface area contributed by atoms with Crippen LogP contribution < -0.4 is 20.7 Å². The van der Waals surface area contributed by atoms with Gasteiger partial charge < -0.3 is 15.4 Å². The van der Waals surface area contributed by atoms with E-state index in [0.29, 0.717) is 28.5 Å². The summed E-state index contributed by atoms with van der Waals surface area (Å²) in [6.07, 6.45) is 2.13. The van der Waals surface area contributed by atoms with Crippen LogP contribution in [0.15, 0.2) is 66.9 Å². The number of halogens is 1. The minimum absolute atomic E-state index is 0.0781. The number of pyridine rings is 1. The van der Waals surface area contributed by atoms with Crippen LogP contribution in [0.5, 0.6) is 11.5 Å². The third kappa shape index (κ3) is 6.45. The molecule has 0 aliphatic rings. The Hall–Kier alpha value is -5.06. The van der Waals surface area contributed by atoms with Crippen molar-refractivity contribution in [2.75, 3.05) is 17.7 Å². The molecular formula is C28H27FN6O4. The van der Waals surface area contributed by atoms with E-state index in [2.05, 4.69) is 26.0 Å². The van der Waals surface area contributed by atoms with Gasteiger partial charge >= 0.3 is 6.03 Å². The van der Waals surface area contributed by atoms with Gasteiger partial charge in [-0.25, -0.2) is 13.9 Å².